The van der Waals surface area contributed by atoms with E-state index in [2.05, 4.69) is 36.4 Å². The highest BCUT2D eigenvalue weighted by Crippen LogP contribution is 2.17. The maximum absolute atomic E-state index is 10.9. The van der Waals surface area contributed by atoms with Gasteiger partial charge in [0, 0.05) is 0 Å². The third-order valence-electron chi connectivity index (χ3n) is 4.14. The van der Waals surface area contributed by atoms with Crippen LogP contribution < -0.4 is 4.74 Å². The van der Waals surface area contributed by atoms with Gasteiger partial charge in [0.15, 0.2) is 0 Å². The second-order valence-corrected chi connectivity index (χ2v) is 5.87. The van der Waals surface area contributed by atoms with Crippen LogP contribution in [-0.4, -0.2) is 11.1 Å². The molecule has 0 amide bonds. The summed E-state index contributed by atoms with van der Waals surface area (Å²) in [6.07, 6.45) is 1.95. The van der Waals surface area contributed by atoms with Crippen LogP contribution in [0.1, 0.15) is 27.0 Å². The number of ether oxygens (including phenoxy) is 1. The summed E-state index contributed by atoms with van der Waals surface area (Å²) in [6, 6.07) is 25.2. The molecular formula is C22H20O3. The van der Waals surface area contributed by atoms with Gasteiger partial charge in [-0.25, -0.2) is 4.79 Å². The zero-order chi connectivity index (χ0) is 17.5. The monoisotopic (exact) mass is 332 g/mol. The summed E-state index contributed by atoms with van der Waals surface area (Å²) in [4.78, 5) is 10.9. The Morgan fingerprint density at radius 3 is 2.08 bits per heavy atom. The van der Waals surface area contributed by atoms with Crippen molar-refractivity contribution in [3.05, 3.63) is 101 Å². The second-order valence-electron chi connectivity index (χ2n) is 5.87. The maximum Gasteiger partial charge on any atom is 0.335 e. The predicted octanol–water partition coefficient (Wildman–Crippen LogP) is 4.75. The molecule has 1 N–H and O–H groups in total. The number of benzene rings is 3. The van der Waals surface area contributed by atoms with E-state index in [-0.39, 0.29) is 5.56 Å². The van der Waals surface area contributed by atoms with E-state index in [4.69, 9.17) is 9.84 Å². The molecule has 0 unspecified atom stereocenters. The van der Waals surface area contributed by atoms with Gasteiger partial charge in [-0.3, -0.25) is 0 Å². The number of rotatable bonds is 7. The third kappa shape index (κ3) is 4.70. The van der Waals surface area contributed by atoms with Crippen molar-refractivity contribution in [2.45, 2.75) is 19.4 Å². The van der Waals surface area contributed by atoms with E-state index in [1.54, 1.807) is 24.3 Å². The van der Waals surface area contributed by atoms with Crippen molar-refractivity contribution < 1.29 is 14.6 Å². The van der Waals surface area contributed by atoms with Crippen molar-refractivity contribution in [1.29, 1.82) is 0 Å². The molecule has 3 heteroatoms. The quantitative estimate of drug-likeness (QED) is 0.679. The number of hydrogen-bond donors (Lipinski definition) is 1. The average molecular weight is 332 g/mol. The molecule has 3 rings (SSSR count). The SMILES string of the molecule is O=C(O)c1ccc(OCc2ccccc2CCc2ccccc2)cc1. The first kappa shape index (κ1) is 16.8. The minimum Gasteiger partial charge on any atom is -0.489 e. The summed E-state index contributed by atoms with van der Waals surface area (Å²) in [6.45, 7) is 0.470. The smallest absolute Gasteiger partial charge is 0.335 e. The summed E-state index contributed by atoms with van der Waals surface area (Å²) in [7, 11) is 0. The van der Waals surface area contributed by atoms with Crippen LogP contribution in [0.3, 0.4) is 0 Å². The number of carbonyl (C=O) groups is 1. The molecule has 0 atom stereocenters. The molecule has 0 aromatic heterocycles. The van der Waals surface area contributed by atoms with Gasteiger partial charge in [0.2, 0.25) is 0 Å². The van der Waals surface area contributed by atoms with Gasteiger partial charge in [-0.1, -0.05) is 54.6 Å². The summed E-state index contributed by atoms with van der Waals surface area (Å²) < 4.78 is 5.83. The zero-order valence-electron chi connectivity index (χ0n) is 13.9. The predicted molar refractivity (Wildman–Crippen MR) is 98.0 cm³/mol. The molecule has 0 bridgehead atoms. The van der Waals surface area contributed by atoms with E-state index in [0.717, 1.165) is 18.4 Å². The molecule has 3 aromatic carbocycles. The van der Waals surface area contributed by atoms with Gasteiger partial charge >= 0.3 is 5.97 Å². The molecule has 0 heterocycles. The van der Waals surface area contributed by atoms with Gasteiger partial charge in [-0.05, 0) is 53.8 Å². The van der Waals surface area contributed by atoms with E-state index >= 15 is 0 Å². The molecular weight excluding hydrogens is 312 g/mol. The van der Waals surface area contributed by atoms with Crippen molar-refractivity contribution in [3.63, 3.8) is 0 Å². The van der Waals surface area contributed by atoms with Gasteiger partial charge in [0.05, 0.1) is 5.56 Å². The highest BCUT2D eigenvalue weighted by atomic mass is 16.5. The summed E-state index contributed by atoms with van der Waals surface area (Å²) in [5.41, 5.74) is 4.01. The van der Waals surface area contributed by atoms with Crippen molar-refractivity contribution >= 4 is 5.97 Å². The summed E-state index contributed by atoms with van der Waals surface area (Å²) in [5.74, 6) is -0.263. The lowest BCUT2D eigenvalue weighted by atomic mass is 10.0. The van der Waals surface area contributed by atoms with Crippen LogP contribution in [0.2, 0.25) is 0 Å². The fraction of sp³-hybridized carbons (Fsp3) is 0.136. The van der Waals surface area contributed by atoms with Crippen LogP contribution in [0.25, 0.3) is 0 Å². The minimum absolute atomic E-state index is 0.260. The molecule has 3 aromatic rings. The lowest BCUT2D eigenvalue weighted by Crippen LogP contribution is -2.02. The molecule has 3 nitrogen and oxygen atoms in total. The largest absolute Gasteiger partial charge is 0.489 e. The van der Waals surface area contributed by atoms with Crippen LogP contribution >= 0.6 is 0 Å². The topological polar surface area (TPSA) is 46.5 Å². The zero-order valence-corrected chi connectivity index (χ0v) is 13.9. The molecule has 0 saturated carbocycles. The van der Waals surface area contributed by atoms with Crippen LogP contribution in [-0.2, 0) is 19.4 Å². The highest BCUT2D eigenvalue weighted by Gasteiger charge is 2.05. The van der Waals surface area contributed by atoms with Crippen LogP contribution in [0, 0.1) is 0 Å². The third-order valence-corrected chi connectivity index (χ3v) is 4.14. The van der Waals surface area contributed by atoms with Gasteiger partial charge < -0.3 is 9.84 Å². The van der Waals surface area contributed by atoms with Gasteiger partial charge in [0.1, 0.15) is 12.4 Å². The summed E-state index contributed by atoms with van der Waals surface area (Å²) >= 11 is 0. The van der Waals surface area contributed by atoms with E-state index in [0.29, 0.717) is 12.4 Å². The lowest BCUT2D eigenvalue weighted by molar-refractivity contribution is 0.0697. The number of aromatic carboxylic acids is 1. The molecule has 25 heavy (non-hydrogen) atoms. The molecule has 0 aliphatic carbocycles. The van der Waals surface area contributed by atoms with Gasteiger partial charge in [0.25, 0.3) is 0 Å². The number of aryl methyl sites for hydroxylation is 2. The van der Waals surface area contributed by atoms with E-state index in [1.165, 1.54) is 11.1 Å². The summed E-state index contributed by atoms with van der Waals surface area (Å²) in [5, 5.41) is 8.93. The van der Waals surface area contributed by atoms with Crippen molar-refractivity contribution in [1.82, 2.24) is 0 Å². The normalized spacial score (nSPS) is 10.4. The van der Waals surface area contributed by atoms with Crippen LogP contribution in [0.5, 0.6) is 5.75 Å². The first-order valence-electron chi connectivity index (χ1n) is 8.29. The van der Waals surface area contributed by atoms with Crippen molar-refractivity contribution in [2.24, 2.45) is 0 Å². The highest BCUT2D eigenvalue weighted by molar-refractivity contribution is 5.87. The molecule has 126 valence electrons. The molecule has 0 aliphatic rings. The van der Waals surface area contributed by atoms with Gasteiger partial charge in [-0.15, -0.1) is 0 Å². The number of carboxylic acids is 1. The van der Waals surface area contributed by atoms with Gasteiger partial charge in [-0.2, -0.15) is 0 Å². The Bertz CT molecular complexity index is 823. The Labute approximate surface area is 147 Å². The Morgan fingerprint density at radius 2 is 1.40 bits per heavy atom. The first-order chi connectivity index (χ1) is 12.2. The Morgan fingerprint density at radius 1 is 0.760 bits per heavy atom. The standard InChI is InChI=1S/C22H20O3/c23-22(24)19-12-14-21(15-13-19)25-16-20-9-5-4-8-18(20)11-10-17-6-2-1-3-7-17/h1-9,12-15H,10-11,16H2,(H,23,24). The number of carboxylic acid groups (broad SMARTS) is 1. The molecule has 0 fully saturated rings. The first-order valence-corrected chi connectivity index (χ1v) is 8.29. The van der Waals surface area contributed by atoms with E-state index < -0.39 is 5.97 Å². The van der Waals surface area contributed by atoms with Crippen molar-refractivity contribution in [3.8, 4) is 5.75 Å². The van der Waals surface area contributed by atoms with Crippen molar-refractivity contribution in [2.75, 3.05) is 0 Å². The average Bonchev–Trinajstić information content (AvgIpc) is 2.66. The van der Waals surface area contributed by atoms with E-state index in [9.17, 15) is 4.79 Å². The lowest BCUT2D eigenvalue weighted by Gasteiger charge is -2.11. The maximum atomic E-state index is 10.9. The van der Waals surface area contributed by atoms with Crippen LogP contribution in [0.4, 0.5) is 0 Å². The van der Waals surface area contributed by atoms with E-state index in [1.807, 2.05) is 18.2 Å². The second kappa shape index (κ2) is 8.15. The Kier molecular flexibility index (Phi) is 5.47. The fourth-order valence-corrected chi connectivity index (χ4v) is 2.72. The molecule has 0 radical (unpaired) electrons. The molecule has 0 spiro atoms. The fourth-order valence-electron chi connectivity index (χ4n) is 2.72. The molecule has 0 saturated heterocycles. The number of hydrogen-bond acceptors (Lipinski definition) is 2. The molecule has 0 aliphatic heterocycles. The Hall–Kier alpha value is -3.07. The Balaban J connectivity index is 1.63. The minimum atomic E-state index is -0.933. The van der Waals surface area contributed by atoms with Crippen LogP contribution in [0.15, 0.2) is 78.9 Å².